The van der Waals surface area contributed by atoms with Crippen LogP contribution in [-0.2, 0) is 22.4 Å². The molecule has 0 saturated carbocycles. The molecule has 1 aromatic rings. The van der Waals surface area contributed by atoms with Crippen molar-refractivity contribution in [3.05, 3.63) is 35.4 Å². The van der Waals surface area contributed by atoms with Gasteiger partial charge in [0.05, 0.1) is 6.42 Å². The zero-order valence-electron chi connectivity index (χ0n) is 12.2. The van der Waals surface area contributed by atoms with Crippen LogP contribution in [-0.4, -0.2) is 18.2 Å². The SMILES string of the molecule is CCNC(=O)Cc1ccc(CC(=O)C(C)(C)C)cc1. The third kappa shape index (κ3) is 5.25. The van der Waals surface area contributed by atoms with E-state index in [0.29, 0.717) is 19.4 Å². The average molecular weight is 261 g/mol. The van der Waals surface area contributed by atoms with Gasteiger partial charge in [0.2, 0.25) is 5.91 Å². The van der Waals surface area contributed by atoms with Crippen LogP contribution in [0, 0.1) is 5.41 Å². The number of nitrogens with one attached hydrogen (secondary N) is 1. The third-order valence-electron chi connectivity index (χ3n) is 2.96. The van der Waals surface area contributed by atoms with E-state index in [1.165, 1.54) is 0 Å². The van der Waals surface area contributed by atoms with Crippen LogP contribution in [0.5, 0.6) is 0 Å². The van der Waals surface area contributed by atoms with Crippen LogP contribution >= 0.6 is 0 Å². The molecule has 0 unspecified atom stereocenters. The van der Waals surface area contributed by atoms with Gasteiger partial charge in [0.1, 0.15) is 5.78 Å². The topological polar surface area (TPSA) is 46.2 Å². The quantitative estimate of drug-likeness (QED) is 0.885. The molecule has 1 N–H and O–H groups in total. The van der Waals surface area contributed by atoms with Crippen LogP contribution in [0.2, 0.25) is 0 Å². The molecule has 0 aliphatic heterocycles. The third-order valence-corrected chi connectivity index (χ3v) is 2.96. The van der Waals surface area contributed by atoms with E-state index < -0.39 is 0 Å². The Kier molecular flexibility index (Phi) is 5.28. The van der Waals surface area contributed by atoms with Gasteiger partial charge in [-0.3, -0.25) is 9.59 Å². The first-order valence-electron chi connectivity index (χ1n) is 6.70. The van der Waals surface area contributed by atoms with Gasteiger partial charge in [-0.25, -0.2) is 0 Å². The first kappa shape index (κ1) is 15.4. The van der Waals surface area contributed by atoms with Crippen molar-refractivity contribution in [3.63, 3.8) is 0 Å². The second-order valence-electron chi connectivity index (χ2n) is 5.80. The van der Waals surface area contributed by atoms with Gasteiger partial charge >= 0.3 is 0 Å². The van der Waals surface area contributed by atoms with Gasteiger partial charge in [-0.2, -0.15) is 0 Å². The summed E-state index contributed by atoms with van der Waals surface area (Å²) in [4.78, 5) is 23.4. The lowest BCUT2D eigenvalue weighted by molar-refractivity contribution is -0.125. The summed E-state index contributed by atoms with van der Waals surface area (Å²) in [6.45, 7) is 8.34. The Labute approximate surface area is 115 Å². The zero-order chi connectivity index (χ0) is 14.5. The van der Waals surface area contributed by atoms with E-state index in [4.69, 9.17) is 0 Å². The number of hydrogen-bond acceptors (Lipinski definition) is 2. The fourth-order valence-electron chi connectivity index (χ4n) is 1.67. The number of Topliss-reactive ketones (excluding diaryl/α,β-unsaturated/α-hetero) is 1. The number of hydrogen-bond donors (Lipinski definition) is 1. The smallest absolute Gasteiger partial charge is 0.224 e. The number of ketones is 1. The van der Waals surface area contributed by atoms with Gasteiger partial charge in [-0.05, 0) is 18.1 Å². The molecule has 0 atom stereocenters. The predicted molar refractivity (Wildman–Crippen MR) is 77.0 cm³/mol. The van der Waals surface area contributed by atoms with Crippen molar-refractivity contribution in [2.24, 2.45) is 5.41 Å². The minimum absolute atomic E-state index is 0.0287. The maximum atomic E-state index is 11.9. The minimum atomic E-state index is -0.306. The second kappa shape index (κ2) is 6.50. The monoisotopic (exact) mass is 261 g/mol. The summed E-state index contributed by atoms with van der Waals surface area (Å²) in [5.41, 5.74) is 1.66. The Balaban J connectivity index is 2.62. The lowest BCUT2D eigenvalue weighted by atomic mass is 9.87. The van der Waals surface area contributed by atoms with E-state index >= 15 is 0 Å². The molecule has 0 radical (unpaired) electrons. The maximum Gasteiger partial charge on any atom is 0.224 e. The predicted octanol–water partition coefficient (Wildman–Crippen LogP) is 2.52. The number of carbonyl (C=O) groups excluding carboxylic acids is 2. The number of likely N-dealkylation sites (N-methyl/N-ethyl adjacent to an activating group) is 1. The van der Waals surface area contributed by atoms with Crippen molar-refractivity contribution in [3.8, 4) is 0 Å². The zero-order valence-corrected chi connectivity index (χ0v) is 12.2. The van der Waals surface area contributed by atoms with Crippen molar-refractivity contribution in [1.29, 1.82) is 0 Å². The Hall–Kier alpha value is -1.64. The van der Waals surface area contributed by atoms with E-state index in [0.717, 1.165) is 11.1 Å². The normalized spacial score (nSPS) is 11.2. The summed E-state index contributed by atoms with van der Waals surface area (Å²) in [5, 5.41) is 2.77. The van der Waals surface area contributed by atoms with Crippen LogP contribution in [0.25, 0.3) is 0 Å². The summed E-state index contributed by atoms with van der Waals surface area (Å²) in [7, 11) is 0. The van der Waals surface area contributed by atoms with E-state index in [2.05, 4.69) is 5.32 Å². The average Bonchev–Trinajstić information content (AvgIpc) is 2.30. The summed E-state index contributed by atoms with van der Waals surface area (Å²) in [6.07, 6.45) is 0.840. The summed E-state index contributed by atoms with van der Waals surface area (Å²) in [6, 6.07) is 7.69. The van der Waals surface area contributed by atoms with E-state index in [9.17, 15) is 9.59 Å². The van der Waals surface area contributed by atoms with Crippen LogP contribution in [0.4, 0.5) is 0 Å². The maximum absolute atomic E-state index is 11.9. The fraction of sp³-hybridized carbons (Fsp3) is 0.500. The lowest BCUT2D eigenvalue weighted by Gasteiger charge is -2.16. The van der Waals surface area contributed by atoms with Crippen LogP contribution in [0.1, 0.15) is 38.8 Å². The molecule has 1 aromatic carbocycles. The Morgan fingerprint density at radius 1 is 1.00 bits per heavy atom. The van der Waals surface area contributed by atoms with Gasteiger partial charge in [-0.1, -0.05) is 45.0 Å². The highest BCUT2D eigenvalue weighted by molar-refractivity contribution is 5.85. The van der Waals surface area contributed by atoms with Gasteiger partial charge in [0.15, 0.2) is 0 Å². The van der Waals surface area contributed by atoms with E-state index in [1.807, 2.05) is 52.0 Å². The number of amides is 1. The molecule has 1 amide bonds. The first-order chi connectivity index (χ1) is 8.82. The molecular weight excluding hydrogens is 238 g/mol. The Bertz CT molecular complexity index is 441. The van der Waals surface area contributed by atoms with Crippen LogP contribution in [0.3, 0.4) is 0 Å². The van der Waals surface area contributed by atoms with Crippen molar-refractivity contribution in [1.82, 2.24) is 5.32 Å². The van der Waals surface area contributed by atoms with Crippen LogP contribution in [0.15, 0.2) is 24.3 Å². The molecule has 0 spiro atoms. The van der Waals surface area contributed by atoms with Crippen molar-refractivity contribution >= 4 is 11.7 Å². The van der Waals surface area contributed by atoms with Gasteiger partial charge in [-0.15, -0.1) is 0 Å². The number of carbonyl (C=O) groups is 2. The minimum Gasteiger partial charge on any atom is -0.356 e. The molecule has 1 rings (SSSR count). The first-order valence-corrected chi connectivity index (χ1v) is 6.70. The highest BCUT2D eigenvalue weighted by atomic mass is 16.1. The van der Waals surface area contributed by atoms with Gasteiger partial charge in [0.25, 0.3) is 0 Å². The largest absolute Gasteiger partial charge is 0.356 e. The molecule has 0 heterocycles. The van der Waals surface area contributed by atoms with Crippen molar-refractivity contribution in [2.45, 2.75) is 40.5 Å². The summed E-state index contributed by atoms with van der Waals surface area (Å²) in [5.74, 6) is 0.255. The second-order valence-corrected chi connectivity index (χ2v) is 5.80. The molecule has 104 valence electrons. The van der Waals surface area contributed by atoms with Crippen LogP contribution < -0.4 is 5.32 Å². The number of rotatable bonds is 5. The highest BCUT2D eigenvalue weighted by Gasteiger charge is 2.20. The molecule has 0 fully saturated rings. The molecule has 3 nitrogen and oxygen atoms in total. The molecule has 0 aliphatic rings. The van der Waals surface area contributed by atoms with Crippen molar-refractivity contribution < 1.29 is 9.59 Å². The van der Waals surface area contributed by atoms with E-state index in [1.54, 1.807) is 0 Å². The molecular formula is C16H23NO2. The molecule has 0 saturated heterocycles. The molecule has 3 heteroatoms. The van der Waals surface area contributed by atoms with Gasteiger partial charge < -0.3 is 5.32 Å². The fourth-order valence-corrected chi connectivity index (χ4v) is 1.67. The summed E-state index contributed by atoms with van der Waals surface area (Å²) >= 11 is 0. The van der Waals surface area contributed by atoms with E-state index in [-0.39, 0.29) is 17.1 Å². The van der Waals surface area contributed by atoms with Gasteiger partial charge in [0, 0.05) is 18.4 Å². The molecule has 0 bridgehead atoms. The lowest BCUT2D eigenvalue weighted by Crippen LogP contribution is -2.24. The summed E-state index contributed by atoms with van der Waals surface area (Å²) < 4.78 is 0. The molecule has 0 aliphatic carbocycles. The molecule has 19 heavy (non-hydrogen) atoms. The Morgan fingerprint density at radius 2 is 1.47 bits per heavy atom. The van der Waals surface area contributed by atoms with Crippen molar-refractivity contribution in [2.75, 3.05) is 6.54 Å². The molecule has 0 aromatic heterocycles. The Morgan fingerprint density at radius 3 is 1.89 bits per heavy atom. The number of benzene rings is 1. The standard InChI is InChI=1S/C16H23NO2/c1-5-17-15(19)11-13-8-6-12(7-9-13)10-14(18)16(2,3)4/h6-9H,5,10-11H2,1-4H3,(H,17,19). The highest BCUT2D eigenvalue weighted by Crippen LogP contribution is 2.18.